The van der Waals surface area contributed by atoms with Gasteiger partial charge in [0.15, 0.2) is 9.84 Å². The molecule has 1 aliphatic rings. The average Bonchev–Trinajstić information content (AvgIpc) is 3.16. The number of nitrogens with one attached hydrogen (secondary N) is 1. The number of hydrogen-bond donors (Lipinski definition) is 1. The molecule has 4 rings (SSSR count). The smallest absolute Gasteiger partial charge is 0.178 e. The first-order valence-electron chi connectivity index (χ1n) is 7.85. The second kappa shape index (κ2) is 6.16. The van der Waals surface area contributed by atoms with Gasteiger partial charge in [-0.15, -0.1) is 11.3 Å². The van der Waals surface area contributed by atoms with E-state index in [-0.39, 0.29) is 5.75 Å². The summed E-state index contributed by atoms with van der Waals surface area (Å²) >= 11 is 3.19. The molecule has 0 saturated heterocycles. The Morgan fingerprint density at radius 3 is 2.84 bits per heavy atom. The largest absolute Gasteiger partial charge is 0.349 e. The molecule has 0 spiro atoms. The molecule has 0 unspecified atom stereocenters. The number of benzene rings is 2. The zero-order chi connectivity index (χ0) is 17.6. The third-order valence-corrected chi connectivity index (χ3v) is 7.68. The number of thioether (sulfide) groups is 1. The minimum Gasteiger partial charge on any atom is -0.349 e. The van der Waals surface area contributed by atoms with Gasteiger partial charge >= 0.3 is 0 Å². The molecule has 0 radical (unpaired) electrons. The van der Waals surface area contributed by atoms with E-state index in [1.54, 1.807) is 30.4 Å². The number of nitrogens with zero attached hydrogens (tertiary/aromatic N) is 1. The van der Waals surface area contributed by atoms with Crippen LogP contribution in [0.2, 0.25) is 0 Å². The van der Waals surface area contributed by atoms with Gasteiger partial charge in [-0.25, -0.2) is 13.4 Å². The molecule has 2 heterocycles. The van der Waals surface area contributed by atoms with Gasteiger partial charge in [0.25, 0.3) is 0 Å². The minimum absolute atomic E-state index is 0.109. The fraction of sp³-hybridized carbons (Fsp3) is 0.167. The van der Waals surface area contributed by atoms with Gasteiger partial charge in [0.1, 0.15) is 5.01 Å². The summed E-state index contributed by atoms with van der Waals surface area (Å²) in [5, 5.41) is 5.22. The third-order valence-electron chi connectivity index (χ3n) is 3.99. The van der Waals surface area contributed by atoms with Crippen LogP contribution in [0.5, 0.6) is 0 Å². The summed E-state index contributed by atoms with van der Waals surface area (Å²) in [6.07, 6.45) is 2.01. The Balaban J connectivity index is 1.65. The number of hydrogen-bond acceptors (Lipinski definition) is 6. The van der Waals surface area contributed by atoms with Crippen molar-refractivity contribution in [3.05, 3.63) is 52.0 Å². The van der Waals surface area contributed by atoms with Gasteiger partial charge in [-0.2, -0.15) is 0 Å². The van der Waals surface area contributed by atoms with Gasteiger partial charge in [-0.3, -0.25) is 0 Å². The lowest BCUT2D eigenvalue weighted by Crippen LogP contribution is -2.03. The SMILES string of the molecule is CCS(=O)(=O)c1ccc2c(c1)SC(=Cc1nc3ccc(C)cc3s1)N2. The maximum absolute atomic E-state index is 12.0. The zero-order valence-electron chi connectivity index (χ0n) is 13.7. The van der Waals surface area contributed by atoms with Crippen LogP contribution in [0.15, 0.2) is 51.2 Å². The number of rotatable bonds is 3. The monoisotopic (exact) mass is 388 g/mol. The molecule has 0 bridgehead atoms. The van der Waals surface area contributed by atoms with Gasteiger partial charge in [-0.05, 0) is 42.8 Å². The Hall–Kier alpha value is -1.83. The van der Waals surface area contributed by atoms with Gasteiger partial charge < -0.3 is 5.32 Å². The van der Waals surface area contributed by atoms with Gasteiger partial charge in [0.05, 0.1) is 31.6 Å². The van der Waals surface area contributed by atoms with E-state index >= 15 is 0 Å². The predicted octanol–water partition coefficient (Wildman–Crippen LogP) is 4.91. The van der Waals surface area contributed by atoms with Crippen LogP contribution in [0.3, 0.4) is 0 Å². The van der Waals surface area contributed by atoms with Crippen LogP contribution in [-0.2, 0) is 9.84 Å². The van der Waals surface area contributed by atoms with Crippen molar-refractivity contribution in [1.82, 2.24) is 4.98 Å². The number of sulfone groups is 1. The molecule has 128 valence electrons. The Morgan fingerprint density at radius 1 is 1.20 bits per heavy atom. The molecule has 2 aromatic carbocycles. The van der Waals surface area contributed by atoms with Crippen molar-refractivity contribution >= 4 is 54.9 Å². The van der Waals surface area contributed by atoms with Crippen LogP contribution >= 0.6 is 23.1 Å². The highest BCUT2D eigenvalue weighted by atomic mass is 32.2. The van der Waals surface area contributed by atoms with E-state index in [4.69, 9.17) is 0 Å². The second-order valence-corrected chi connectivity index (χ2v) is 10.2. The molecule has 1 aromatic heterocycles. The summed E-state index contributed by atoms with van der Waals surface area (Å²) in [6, 6.07) is 11.5. The van der Waals surface area contributed by atoms with Crippen molar-refractivity contribution in [1.29, 1.82) is 0 Å². The van der Waals surface area contributed by atoms with E-state index in [0.717, 1.165) is 26.1 Å². The predicted molar refractivity (Wildman–Crippen MR) is 106 cm³/mol. The topological polar surface area (TPSA) is 59.1 Å². The van der Waals surface area contributed by atoms with Crippen LogP contribution in [0, 0.1) is 6.92 Å². The van der Waals surface area contributed by atoms with Gasteiger partial charge in [-0.1, -0.05) is 24.8 Å². The normalized spacial score (nSPS) is 15.5. The van der Waals surface area contributed by atoms with E-state index in [2.05, 4.69) is 29.4 Å². The van der Waals surface area contributed by atoms with Crippen LogP contribution in [0.4, 0.5) is 5.69 Å². The quantitative estimate of drug-likeness (QED) is 0.690. The molecular formula is C18H16N2O2S3. The molecule has 4 nitrogen and oxygen atoms in total. The Kier molecular flexibility index (Phi) is 4.10. The van der Waals surface area contributed by atoms with Crippen LogP contribution in [0.1, 0.15) is 17.5 Å². The summed E-state index contributed by atoms with van der Waals surface area (Å²) in [7, 11) is -3.19. The molecule has 1 N–H and O–H groups in total. The van der Waals surface area contributed by atoms with Crippen molar-refractivity contribution in [3.8, 4) is 0 Å². The summed E-state index contributed by atoms with van der Waals surface area (Å²) in [5.74, 6) is 0.109. The van der Waals surface area contributed by atoms with E-state index in [1.165, 1.54) is 22.0 Å². The summed E-state index contributed by atoms with van der Waals surface area (Å²) < 4.78 is 25.3. The molecule has 0 saturated carbocycles. The Morgan fingerprint density at radius 2 is 2.04 bits per heavy atom. The molecule has 0 fully saturated rings. The van der Waals surface area contributed by atoms with Crippen LogP contribution < -0.4 is 5.32 Å². The Bertz CT molecular complexity index is 1110. The van der Waals surface area contributed by atoms with Crippen molar-refractivity contribution in [2.75, 3.05) is 11.1 Å². The summed E-state index contributed by atoms with van der Waals surface area (Å²) in [6.45, 7) is 3.73. The fourth-order valence-corrected chi connectivity index (χ4v) is 5.66. The molecule has 1 aliphatic heterocycles. The van der Waals surface area contributed by atoms with Crippen molar-refractivity contribution in [2.24, 2.45) is 0 Å². The lowest BCUT2D eigenvalue weighted by Gasteiger charge is -2.03. The first kappa shape index (κ1) is 16.6. The number of fused-ring (bicyclic) bond motifs is 2. The van der Waals surface area contributed by atoms with Crippen LogP contribution in [0.25, 0.3) is 16.3 Å². The highest BCUT2D eigenvalue weighted by Gasteiger charge is 2.20. The molecule has 0 atom stereocenters. The molecule has 0 aliphatic carbocycles. The van der Waals surface area contributed by atoms with Gasteiger partial charge in [0.2, 0.25) is 0 Å². The standard InChI is InChI=1S/C18H16N2O2S3/c1-3-25(21,22)12-5-7-14-16(9-12)24-18(20-14)10-17-19-13-6-4-11(2)8-15(13)23-17/h4-10,20H,3H2,1-2H3. The van der Waals surface area contributed by atoms with Crippen molar-refractivity contribution in [2.45, 2.75) is 23.6 Å². The number of aryl methyl sites for hydroxylation is 1. The van der Waals surface area contributed by atoms with Gasteiger partial charge in [0, 0.05) is 11.0 Å². The molecular weight excluding hydrogens is 372 g/mol. The lowest BCUT2D eigenvalue weighted by molar-refractivity contribution is 0.597. The average molecular weight is 389 g/mol. The molecule has 0 amide bonds. The van der Waals surface area contributed by atoms with E-state index in [1.807, 2.05) is 18.2 Å². The first-order chi connectivity index (χ1) is 11.9. The van der Waals surface area contributed by atoms with E-state index < -0.39 is 9.84 Å². The Labute approximate surface area is 154 Å². The summed E-state index contributed by atoms with van der Waals surface area (Å²) in [4.78, 5) is 5.95. The number of thiazole rings is 1. The maximum atomic E-state index is 12.0. The lowest BCUT2D eigenvalue weighted by atomic mass is 10.2. The molecule has 3 aromatic rings. The molecule has 25 heavy (non-hydrogen) atoms. The highest BCUT2D eigenvalue weighted by molar-refractivity contribution is 8.04. The maximum Gasteiger partial charge on any atom is 0.178 e. The van der Waals surface area contributed by atoms with E-state index in [0.29, 0.717) is 4.90 Å². The van der Waals surface area contributed by atoms with Crippen molar-refractivity contribution < 1.29 is 8.42 Å². The van der Waals surface area contributed by atoms with Crippen molar-refractivity contribution in [3.63, 3.8) is 0 Å². The van der Waals surface area contributed by atoms with Crippen LogP contribution in [-0.4, -0.2) is 19.2 Å². The summed E-state index contributed by atoms with van der Waals surface area (Å²) in [5.41, 5.74) is 3.16. The first-order valence-corrected chi connectivity index (χ1v) is 11.1. The second-order valence-electron chi connectivity index (χ2n) is 5.82. The number of anilines is 1. The minimum atomic E-state index is -3.19. The zero-order valence-corrected chi connectivity index (χ0v) is 16.2. The fourth-order valence-electron chi connectivity index (χ4n) is 2.62. The van der Waals surface area contributed by atoms with E-state index in [9.17, 15) is 8.42 Å². The molecule has 7 heteroatoms. The highest BCUT2D eigenvalue weighted by Crippen LogP contribution is 2.43. The number of aromatic nitrogens is 1. The third kappa shape index (κ3) is 3.19.